The third-order valence-electron chi connectivity index (χ3n) is 1.86. The molecule has 1 atom stereocenters. The van der Waals surface area contributed by atoms with E-state index < -0.39 is 23.7 Å². The van der Waals surface area contributed by atoms with Gasteiger partial charge in [0.15, 0.2) is 0 Å². The van der Waals surface area contributed by atoms with Crippen LogP contribution in [-0.2, 0) is 4.79 Å². The van der Waals surface area contributed by atoms with E-state index in [9.17, 15) is 13.6 Å². The minimum Gasteiger partial charge on any atom is -0.481 e. The molecule has 0 spiro atoms. The summed E-state index contributed by atoms with van der Waals surface area (Å²) in [6.45, 7) is 1.52. The molecule has 1 unspecified atom stereocenters. The van der Waals surface area contributed by atoms with E-state index >= 15 is 0 Å². The molecule has 5 heteroatoms. The van der Waals surface area contributed by atoms with Gasteiger partial charge in [0.1, 0.15) is 5.82 Å². The van der Waals surface area contributed by atoms with Crippen LogP contribution in [-0.4, -0.2) is 16.1 Å². The largest absolute Gasteiger partial charge is 0.481 e. The summed E-state index contributed by atoms with van der Waals surface area (Å²) < 4.78 is 25.7. The Balaban J connectivity index is 2.93. The highest BCUT2D eigenvalue weighted by molar-refractivity contribution is 5.67. The van der Waals surface area contributed by atoms with E-state index in [0.717, 1.165) is 12.3 Å². The molecule has 0 aromatic carbocycles. The number of rotatable bonds is 3. The first-order chi connectivity index (χ1) is 6.50. The van der Waals surface area contributed by atoms with Crippen molar-refractivity contribution in [2.24, 2.45) is 0 Å². The molecule has 14 heavy (non-hydrogen) atoms. The summed E-state index contributed by atoms with van der Waals surface area (Å²) in [4.78, 5) is 13.5. The maximum absolute atomic E-state index is 13.0. The summed E-state index contributed by atoms with van der Waals surface area (Å²) in [5, 5.41) is 8.47. The van der Waals surface area contributed by atoms with Gasteiger partial charge in [-0.2, -0.15) is 4.39 Å². The zero-order valence-corrected chi connectivity index (χ0v) is 7.50. The quantitative estimate of drug-likeness (QED) is 0.760. The van der Waals surface area contributed by atoms with Gasteiger partial charge in [-0.05, 0) is 17.5 Å². The van der Waals surface area contributed by atoms with Crippen LogP contribution >= 0.6 is 0 Å². The zero-order chi connectivity index (χ0) is 10.7. The van der Waals surface area contributed by atoms with Gasteiger partial charge in [0.05, 0.1) is 12.6 Å². The van der Waals surface area contributed by atoms with Crippen molar-refractivity contribution in [1.29, 1.82) is 0 Å². The first kappa shape index (κ1) is 10.6. The van der Waals surface area contributed by atoms with Gasteiger partial charge in [-0.3, -0.25) is 4.79 Å². The van der Waals surface area contributed by atoms with Crippen LogP contribution in [0.5, 0.6) is 0 Å². The van der Waals surface area contributed by atoms with Crippen LogP contribution < -0.4 is 0 Å². The number of hydrogen-bond acceptors (Lipinski definition) is 2. The van der Waals surface area contributed by atoms with Crippen LogP contribution in [0.15, 0.2) is 12.3 Å². The molecule has 3 nitrogen and oxygen atoms in total. The Kier molecular flexibility index (Phi) is 3.11. The molecule has 1 heterocycles. The second kappa shape index (κ2) is 4.13. The topological polar surface area (TPSA) is 50.2 Å². The highest BCUT2D eigenvalue weighted by Gasteiger charge is 2.15. The second-order valence-corrected chi connectivity index (χ2v) is 3.03. The Morgan fingerprint density at radius 1 is 1.64 bits per heavy atom. The summed E-state index contributed by atoms with van der Waals surface area (Å²) in [5.41, 5.74) is 0.0416. The molecule has 0 radical (unpaired) electrons. The van der Waals surface area contributed by atoms with Crippen LogP contribution in [0.4, 0.5) is 8.78 Å². The Morgan fingerprint density at radius 3 is 2.86 bits per heavy atom. The number of pyridine rings is 1. The fourth-order valence-corrected chi connectivity index (χ4v) is 1.18. The Morgan fingerprint density at radius 2 is 2.29 bits per heavy atom. The van der Waals surface area contributed by atoms with Gasteiger partial charge in [0.2, 0.25) is 5.95 Å². The molecular weight excluding hydrogens is 192 g/mol. The number of carboxylic acid groups (broad SMARTS) is 1. The van der Waals surface area contributed by atoms with E-state index in [2.05, 4.69) is 4.98 Å². The first-order valence-corrected chi connectivity index (χ1v) is 4.03. The van der Waals surface area contributed by atoms with Gasteiger partial charge in [-0.15, -0.1) is 0 Å². The minimum atomic E-state index is -1.05. The molecular formula is C9H9F2NO2. The predicted octanol–water partition coefficient (Wildman–Crippen LogP) is 1.94. The smallest absolute Gasteiger partial charge is 0.303 e. The van der Waals surface area contributed by atoms with Crippen molar-refractivity contribution in [1.82, 2.24) is 4.98 Å². The van der Waals surface area contributed by atoms with E-state index in [4.69, 9.17) is 5.11 Å². The number of carboxylic acids is 1. The van der Waals surface area contributed by atoms with Gasteiger partial charge < -0.3 is 5.11 Å². The summed E-state index contributed by atoms with van der Waals surface area (Å²) in [5.74, 6) is -3.10. The maximum Gasteiger partial charge on any atom is 0.303 e. The monoisotopic (exact) mass is 201 g/mol. The van der Waals surface area contributed by atoms with Gasteiger partial charge in [-0.25, -0.2) is 9.37 Å². The van der Waals surface area contributed by atoms with Crippen molar-refractivity contribution < 1.29 is 18.7 Å². The van der Waals surface area contributed by atoms with Crippen molar-refractivity contribution in [3.8, 4) is 0 Å². The summed E-state index contributed by atoms with van der Waals surface area (Å²) in [6, 6.07) is 0.920. The summed E-state index contributed by atoms with van der Waals surface area (Å²) in [7, 11) is 0. The molecule has 1 rings (SSSR count). The van der Waals surface area contributed by atoms with Crippen molar-refractivity contribution in [2.45, 2.75) is 19.3 Å². The summed E-state index contributed by atoms with van der Waals surface area (Å²) >= 11 is 0. The molecule has 0 aliphatic rings. The normalized spacial score (nSPS) is 12.5. The SMILES string of the molecule is CC(CC(=O)O)c1cc(F)ncc1F. The minimum absolute atomic E-state index is 0.0416. The zero-order valence-electron chi connectivity index (χ0n) is 7.50. The van der Waals surface area contributed by atoms with Crippen molar-refractivity contribution in [3.63, 3.8) is 0 Å². The van der Waals surface area contributed by atoms with Crippen molar-refractivity contribution in [3.05, 3.63) is 29.6 Å². The van der Waals surface area contributed by atoms with Crippen LogP contribution in [0.1, 0.15) is 24.8 Å². The highest BCUT2D eigenvalue weighted by Crippen LogP contribution is 2.21. The molecule has 0 amide bonds. The van der Waals surface area contributed by atoms with E-state index in [0.29, 0.717) is 0 Å². The standard InChI is InChI=1S/C9H9F2NO2/c1-5(2-9(13)14)6-3-8(11)12-4-7(6)10/h3-5H,2H2,1H3,(H,13,14). The van der Waals surface area contributed by atoms with Gasteiger partial charge in [0, 0.05) is 0 Å². The molecule has 0 aliphatic heterocycles. The molecule has 0 aliphatic carbocycles. The Hall–Kier alpha value is -1.52. The van der Waals surface area contributed by atoms with Crippen LogP contribution in [0.25, 0.3) is 0 Å². The molecule has 0 saturated carbocycles. The number of aromatic nitrogens is 1. The van der Waals surface area contributed by atoms with E-state index in [1.165, 1.54) is 6.92 Å². The Bertz CT molecular complexity index is 355. The Labute approximate surface area is 79.4 Å². The fraction of sp³-hybridized carbons (Fsp3) is 0.333. The maximum atomic E-state index is 13.0. The van der Waals surface area contributed by atoms with Crippen LogP contribution in [0, 0.1) is 11.8 Å². The molecule has 1 N–H and O–H groups in total. The first-order valence-electron chi connectivity index (χ1n) is 4.03. The highest BCUT2D eigenvalue weighted by atomic mass is 19.1. The molecule has 0 fully saturated rings. The third kappa shape index (κ3) is 2.48. The molecule has 0 saturated heterocycles. The second-order valence-electron chi connectivity index (χ2n) is 3.03. The number of halogens is 2. The average molecular weight is 201 g/mol. The number of nitrogens with zero attached hydrogens (tertiary/aromatic N) is 1. The molecule has 76 valence electrons. The predicted molar refractivity (Wildman–Crippen MR) is 44.8 cm³/mol. The van der Waals surface area contributed by atoms with Gasteiger partial charge >= 0.3 is 5.97 Å². The van der Waals surface area contributed by atoms with Crippen LogP contribution in [0.3, 0.4) is 0 Å². The fourth-order valence-electron chi connectivity index (χ4n) is 1.18. The van der Waals surface area contributed by atoms with E-state index in [-0.39, 0.29) is 12.0 Å². The number of aliphatic carboxylic acids is 1. The third-order valence-corrected chi connectivity index (χ3v) is 1.86. The van der Waals surface area contributed by atoms with Crippen LogP contribution in [0.2, 0.25) is 0 Å². The van der Waals surface area contributed by atoms with Crippen molar-refractivity contribution >= 4 is 5.97 Å². The molecule has 1 aromatic heterocycles. The summed E-state index contributed by atoms with van der Waals surface area (Å²) in [6.07, 6.45) is 0.517. The molecule has 1 aromatic rings. The number of hydrogen-bond donors (Lipinski definition) is 1. The van der Waals surface area contributed by atoms with Gasteiger partial charge in [-0.1, -0.05) is 6.92 Å². The van der Waals surface area contributed by atoms with Crippen molar-refractivity contribution in [2.75, 3.05) is 0 Å². The lowest BCUT2D eigenvalue weighted by Crippen LogP contribution is -2.05. The average Bonchev–Trinajstić information content (AvgIpc) is 2.08. The lowest BCUT2D eigenvalue weighted by atomic mass is 9.98. The number of carbonyl (C=O) groups is 1. The van der Waals surface area contributed by atoms with Gasteiger partial charge in [0.25, 0.3) is 0 Å². The lowest BCUT2D eigenvalue weighted by molar-refractivity contribution is -0.137. The van der Waals surface area contributed by atoms with E-state index in [1.54, 1.807) is 0 Å². The molecule has 0 bridgehead atoms. The lowest BCUT2D eigenvalue weighted by Gasteiger charge is -2.09. The van der Waals surface area contributed by atoms with E-state index in [1.807, 2.05) is 0 Å².